The Morgan fingerprint density at radius 1 is 0.662 bits per heavy atom. The molecule has 6 atom stereocenters. The number of nitrogens with one attached hydrogen (secondary N) is 9. The predicted octanol–water partition coefficient (Wildman–Crippen LogP) is 1.01. The summed E-state index contributed by atoms with van der Waals surface area (Å²) in [6, 6.07) is 6.01. The van der Waals surface area contributed by atoms with E-state index < -0.39 is 90.1 Å². The molecule has 0 aliphatic heterocycles. The molecule has 0 fully saturated rings. The van der Waals surface area contributed by atoms with Crippen molar-refractivity contribution < 1.29 is 43.5 Å². The Hall–Kier alpha value is -7.29. The van der Waals surface area contributed by atoms with Crippen molar-refractivity contribution in [2.75, 3.05) is 6.54 Å². The second-order valence-corrected chi connectivity index (χ2v) is 19.2. The van der Waals surface area contributed by atoms with Crippen LogP contribution in [-0.4, -0.2) is 116 Å². The average molecular weight is 985 g/mol. The number of carbonyl (C=O) groups excluding carboxylic acids is 8. The number of amides is 8. The maximum Gasteiger partial charge on any atom is 0.243 e. The number of nitrogens with zero attached hydrogens (tertiary/aromatic N) is 1. The number of phenols is 1. The fraction of sp³-hybridized carbons (Fsp3) is 0.500. The van der Waals surface area contributed by atoms with Gasteiger partial charge in [-0.15, -0.1) is 0 Å². The lowest BCUT2D eigenvalue weighted by Gasteiger charge is -2.27. The van der Waals surface area contributed by atoms with E-state index in [0.717, 1.165) is 23.7 Å². The summed E-state index contributed by atoms with van der Waals surface area (Å²) in [6.07, 6.45) is 5.79. The molecule has 2 heterocycles. The van der Waals surface area contributed by atoms with Gasteiger partial charge in [0.25, 0.3) is 0 Å². The van der Waals surface area contributed by atoms with Gasteiger partial charge in [-0.2, -0.15) is 0 Å². The van der Waals surface area contributed by atoms with Crippen molar-refractivity contribution in [1.82, 2.24) is 52.2 Å². The van der Waals surface area contributed by atoms with Gasteiger partial charge >= 0.3 is 0 Å². The zero-order chi connectivity index (χ0) is 52.4. The molecule has 0 unspecified atom stereocenters. The minimum Gasteiger partial charge on any atom is -0.508 e. The number of aromatic amines is 2. The smallest absolute Gasteiger partial charge is 0.243 e. The summed E-state index contributed by atoms with van der Waals surface area (Å²) < 4.78 is 0. The van der Waals surface area contributed by atoms with Gasteiger partial charge in [0, 0.05) is 54.3 Å². The zero-order valence-corrected chi connectivity index (χ0v) is 41.6. The highest BCUT2D eigenvalue weighted by molar-refractivity contribution is 5.97. The lowest BCUT2D eigenvalue weighted by molar-refractivity contribution is -0.135. The predicted molar refractivity (Wildman–Crippen MR) is 267 cm³/mol. The van der Waals surface area contributed by atoms with Crippen molar-refractivity contribution in [3.05, 3.63) is 84.1 Å². The zero-order valence-electron chi connectivity index (χ0n) is 41.6. The fourth-order valence-electron chi connectivity index (χ4n) is 8.01. The van der Waals surface area contributed by atoms with Crippen LogP contribution in [0.4, 0.5) is 0 Å². The second-order valence-electron chi connectivity index (χ2n) is 19.2. The molecule has 0 bridgehead atoms. The molecule has 8 amide bonds. The van der Waals surface area contributed by atoms with Crippen LogP contribution < -0.4 is 48.7 Å². The number of phenolic OH excluding ortho intramolecular Hbond substituents is 1. The van der Waals surface area contributed by atoms with Crippen molar-refractivity contribution in [3.63, 3.8) is 0 Å². The van der Waals surface area contributed by atoms with Gasteiger partial charge in [-0.25, -0.2) is 4.98 Å². The molecule has 14 N–H and O–H groups in total. The topological polar surface area (TPSA) is 338 Å². The number of hydrogen-bond acceptors (Lipinski definition) is 11. The number of nitrogens with two attached hydrogens (primary N) is 2. The Kier molecular flexibility index (Phi) is 21.6. The summed E-state index contributed by atoms with van der Waals surface area (Å²) in [5.41, 5.74) is 14.3. The number of imidazole rings is 1. The molecule has 0 spiro atoms. The van der Waals surface area contributed by atoms with Gasteiger partial charge in [-0.3, -0.25) is 38.4 Å². The third kappa shape index (κ3) is 18.5. The summed E-state index contributed by atoms with van der Waals surface area (Å²) in [5, 5.41) is 29.3. The molecule has 0 saturated heterocycles. The highest BCUT2D eigenvalue weighted by atomic mass is 16.3. The highest BCUT2D eigenvalue weighted by Crippen LogP contribution is 2.20. The van der Waals surface area contributed by atoms with Crippen LogP contribution in [0.3, 0.4) is 0 Å². The number of H-pyrrole nitrogens is 2. The van der Waals surface area contributed by atoms with E-state index >= 15 is 0 Å². The molecule has 0 aliphatic carbocycles. The van der Waals surface area contributed by atoms with Gasteiger partial charge in [0.2, 0.25) is 47.3 Å². The maximum atomic E-state index is 14.1. The van der Waals surface area contributed by atoms with Crippen LogP contribution in [0.25, 0.3) is 10.9 Å². The molecular weight excluding hydrogens is 913 g/mol. The van der Waals surface area contributed by atoms with E-state index in [0.29, 0.717) is 28.7 Å². The summed E-state index contributed by atoms with van der Waals surface area (Å²) in [6.45, 7) is 12.5. The summed E-state index contributed by atoms with van der Waals surface area (Å²) in [4.78, 5) is 118. The van der Waals surface area contributed by atoms with Crippen molar-refractivity contribution >= 4 is 58.2 Å². The SMILES string of the molecule is CC(C)CC(CC(C)C)NC(=O)[C@H](Cc1cnc[nH]1)NC(=O)CNC(=O)[C@@H](NC(=O)[C@H](C)NC(=O)[C@H](Cc1c[nH]c2ccccc12)NC(=O)[C@H](CCC(N)=O)NC(=O)[C@@H](N)Cc1ccc(O)cc1)C(C)C. The van der Waals surface area contributed by atoms with Crippen LogP contribution in [0.5, 0.6) is 5.75 Å². The number of aromatic hydroxyl groups is 1. The normalized spacial score (nSPS) is 14.0. The maximum absolute atomic E-state index is 14.1. The van der Waals surface area contributed by atoms with E-state index in [-0.39, 0.29) is 49.8 Å². The molecule has 2 aromatic carbocycles. The molecule has 0 aliphatic rings. The molecule has 21 nitrogen and oxygen atoms in total. The molecule has 0 saturated carbocycles. The number of hydrogen-bond donors (Lipinski definition) is 12. The third-order valence-corrected chi connectivity index (χ3v) is 11.7. The number of para-hydroxylation sites is 1. The van der Waals surface area contributed by atoms with Crippen molar-refractivity contribution in [2.45, 2.75) is 136 Å². The van der Waals surface area contributed by atoms with Crippen LogP contribution in [0.2, 0.25) is 0 Å². The minimum absolute atomic E-state index is 0.0285. The lowest BCUT2D eigenvalue weighted by Crippen LogP contribution is -2.59. The Morgan fingerprint density at radius 3 is 1.90 bits per heavy atom. The van der Waals surface area contributed by atoms with Gasteiger partial charge in [0.05, 0.1) is 18.9 Å². The van der Waals surface area contributed by atoms with Crippen LogP contribution in [0.1, 0.15) is 91.0 Å². The van der Waals surface area contributed by atoms with Gasteiger partial charge in [0.1, 0.15) is 36.0 Å². The molecule has 0 radical (unpaired) electrons. The number of aromatic nitrogens is 3. The lowest BCUT2D eigenvalue weighted by atomic mass is 9.95. The van der Waals surface area contributed by atoms with Crippen molar-refractivity contribution in [1.29, 1.82) is 0 Å². The van der Waals surface area contributed by atoms with E-state index in [9.17, 15) is 43.5 Å². The van der Waals surface area contributed by atoms with E-state index in [2.05, 4.69) is 79.9 Å². The van der Waals surface area contributed by atoms with E-state index in [1.165, 1.54) is 25.4 Å². The van der Waals surface area contributed by atoms with Gasteiger partial charge in [0.15, 0.2) is 0 Å². The van der Waals surface area contributed by atoms with Gasteiger partial charge in [-0.1, -0.05) is 71.9 Å². The second kappa shape index (κ2) is 27.2. The van der Waals surface area contributed by atoms with Gasteiger partial charge < -0.3 is 63.8 Å². The first-order valence-corrected chi connectivity index (χ1v) is 24.0. The van der Waals surface area contributed by atoms with Crippen LogP contribution in [0.15, 0.2) is 67.3 Å². The highest BCUT2D eigenvalue weighted by Gasteiger charge is 2.33. The molecule has 4 rings (SSSR count). The number of carbonyl (C=O) groups is 8. The molecule has 4 aromatic rings. The first kappa shape index (κ1) is 56.3. The van der Waals surface area contributed by atoms with Crippen molar-refractivity contribution in [2.24, 2.45) is 29.2 Å². The average Bonchev–Trinajstić information content (AvgIpc) is 3.98. The minimum atomic E-state index is -1.36. The summed E-state index contributed by atoms with van der Waals surface area (Å²) in [5.74, 6) is -5.36. The third-order valence-electron chi connectivity index (χ3n) is 11.7. The Balaban J connectivity index is 1.44. The molecular formula is C50H72N12O9. The quantitative estimate of drug-likeness (QED) is 0.0381. The molecule has 71 heavy (non-hydrogen) atoms. The van der Waals surface area contributed by atoms with Crippen molar-refractivity contribution in [3.8, 4) is 5.75 Å². The Bertz CT molecular complexity index is 2410. The van der Waals surface area contributed by atoms with Crippen LogP contribution in [0, 0.1) is 17.8 Å². The number of rotatable bonds is 28. The Labute approximate surface area is 414 Å². The molecule has 2 aromatic heterocycles. The number of fused-ring (bicyclic) bond motifs is 1. The largest absolute Gasteiger partial charge is 0.508 e. The van der Waals surface area contributed by atoms with E-state index in [4.69, 9.17) is 11.5 Å². The Morgan fingerprint density at radius 2 is 1.28 bits per heavy atom. The first-order valence-electron chi connectivity index (χ1n) is 24.0. The van der Waals surface area contributed by atoms with Crippen LogP contribution in [-0.2, 0) is 57.6 Å². The van der Waals surface area contributed by atoms with Gasteiger partial charge in [-0.05, 0) is 79.7 Å². The number of primary amides is 1. The summed E-state index contributed by atoms with van der Waals surface area (Å²) in [7, 11) is 0. The fourth-order valence-corrected chi connectivity index (χ4v) is 8.01. The van der Waals surface area contributed by atoms with E-state index in [1.54, 1.807) is 44.4 Å². The first-order chi connectivity index (χ1) is 33.6. The number of benzene rings is 2. The molecule has 21 heteroatoms. The van der Waals surface area contributed by atoms with Crippen LogP contribution >= 0.6 is 0 Å². The van der Waals surface area contributed by atoms with E-state index in [1.807, 2.05) is 18.2 Å². The monoisotopic (exact) mass is 985 g/mol. The standard InChI is InChI=1S/C50H72N12O9/c1-27(2)18-33(19-28(3)4)58-49(70)41(22-34-24-53-26-56-34)59-43(65)25-55-50(71)44(29(5)6)62-45(66)30(7)57-48(69)40(21-32-23-54-38-11-9-8-10-36(32)38)61-47(68)39(16-17-42(52)64)60-46(67)37(51)20-31-12-14-35(63)15-13-31/h8-15,23-24,26-30,33,37,39-41,44,54,63H,16-22,25,51H2,1-7H3,(H2,52,64)(H,53,56)(H,55,71)(H,57,69)(H,58,70)(H,59,65)(H,60,67)(H,61,68)(H,62,66)/t30-,37-,39-,40-,41-,44-/m0/s1. The molecule has 386 valence electrons. The summed E-state index contributed by atoms with van der Waals surface area (Å²) >= 11 is 0.